The molecular weight excluding hydrogens is 212 g/mol. The fourth-order valence-corrected chi connectivity index (χ4v) is 1.87. The summed E-state index contributed by atoms with van der Waals surface area (Å²) in [6.07, 6.45) is 0. The normalized spacial score (nSPS) is 10.5. The van der Waals surface area contributed by atoms with Crippen LogP contribution in [-0.4, -0.2) is 9.78 Å². The molecule has 4 nitrogen and oxygen atoms in total. The van der Waals surface area contributed by atoms with E-state index in [-0.39, 0.29) is 0 Å². The van der Waals surface area contributed by atoms with Crippen molar-refractivity contribution in [3.63, 3.8) is 0 Å². The van der Waals surface area contributed by atoms with Crippen LogP contribution >= 0.6 is 0 Å². The Hall–Kier alpha value is -1.97. The minimum atomic E-state index is 0.723. The summed E-state index contributed by atoms with van der Waals surface area (Å²) in [5.41, 5.74) is 10.1. The quantitative estimate of drug-likeness (QED) is 0.850. The van der Waals surface area contributed by atoms with Gasteiger partial charge >= 0.3 is 0 Å². The zero-order chi connectivity index (χ0) is 12.4. The maximum atomic E-state index is 5.96. The molecule has 3 N–H and O–H groups in total. The lowest BCUT2D eigenvalue weighted by Crippen LogP contribution is -2.07. The lowest BCUT2D eigenvalue weighted by Gasteiger charge is -2.09. The number of aromatic nitrogens is 2. The number of anilines is 2. The highest BCUT2D eigenvalue weighted by molar-refractivity contribution is 5.64. The second kappa shape index (κ2) is 4.49. The van der Waals surface area contributed by atoms with Crippen molar-refractivity contribution in [3.05, 3.63) is 41.1 Å². The average molecular weight is 230 g/mol. The molecule has 1 aromatic carbocycles. The minimum absolute atomic E-state index is 0.723. The van der Waals surface area contributed by atoms with E-state index in [0.717, 1.165) is 23.7 Å². The van der Waals surface area contributed by atoms with Crippen LogP contribution in [0.15, 0.2) is 24.3 Å². The number of hydrogen-bond donors (Lipinski definition) is 2. The van der Waals surface area contributed by atoms with Crippen molar-refractivity contribution in [3.8, 4) is 0 Å². The summed E-state index contributed by atoms with van der Waals surface area (Å²) in [4.78, 5) is 0. The van der Waals surface area contributed by atoms with Gasteiger partial charge in [-0.3, -0.25) is 4.68 Å². The molecule has 2 aromatic rings. The van der Waals surface area contributed by atoms with Crippen LogP contribution in [0.25, 0.3) is 0 Å². The summed E-state index contributed by atoms with van der Waals surface area (Å²) < 4.78 is 1.78. The van der Waals surface area contributed by atoms with E-state index in [9.17, 15) is 0 Å². The minimum Gasteiger partial charge on any atom is -0.394 e. The van der Waals surface area contributed by atoms with Crippen molar-refractivity contribution >= 4 is 11.5 Å². The summed E-state index contributed by atoms with van der Waals surface area (Å²) >= 11 is 0. The molecule has 17 heavy (non-hydrogen) atoms. The highest BCUT2D eigenvalue weighted by atomic mass is 15.3. The Kier molecular flexibility index (Phi) is 3.04. The van der Waals surface area contributed by atoms with Crippen LogP contribution in [0, 0.1) is 13.8 Å². The number of nitrogens with two attached hydrogens (primary N) is 1. The molecule has 0 aliphatic carbocycles. The Morgan fingerprint density at radius 1 is 1.29 bits per heavy atom. The lowest BCUT2D eigenvalue weighted by atomic mass is 10.1. The smallest absolute Gasteiger partial charge is 0.148 e. The third-order valence-electron chi connectivity index (χ3n) is 2.98. The van der Waals surface area contributed by atoms with Gasteiger partial charge in [-0.25, -0.2) is 0 Å². The van der Waals surface area contributed by atoms with Gasteiger partial charge in [-0.05, 0) is 25.0 Å². The number of nitrogens with one attached hydrogen (secondary N) is 1. The lowest BCUT2D eigenvalue weighted by molar-refractivity contribution is 0.758. The molecule has 0 bridgehead atoms. The van der Waals surface area contributed by atoms with Crippen molar-refractivity contribution < 1.29 is 0 Å². The first kappa shape index (κ1) is 11.5. The van der Waals surface area contributed by atoms with E-state index in [1.54, 1.807) is 4.68 Å². The van der Waals surface area contributed by atoms with Gasteiger partial charge in [0, 0.05) is 13.6 Å². The number of nitrogens with zero attached hydrogens (tertiary/aromatic N) is 2. The second-order valence-corrected chi connectivity index (χ2v) is 4.25. The van der Waals surface area contributed by atoms with Gasteiger partial charge in [0.25, 0.3) is 0 Å². The summed E-state index contributed by atoms with van der Waals surface area (Å²) in [5, 5.41) is 7.61. The summed E-state index contributed by atoms with van der Waals surface area (Å²) in [7, 11) is 1.89. The number of nitrogen functional groups attached to an aromatic ring is 1. The standard InChI is InChI=1S/C13H18N4/c1-9-6-4-5-7-11(9)8-15-13-12(14)10(2)16-17(13)3/h4-7,15H,8,14H2,1-3H3. The van der Waals surface area contributed by atoms with Crippen molar-refractivity contribution in [2.24, 2.45) is 7.05 Å². The predicted octanol–water partition coefficient (Wildman–Crippen LogP) is 2.23. The van der Waals surface area contributed by atoms with Gasteiger partial charge in [0.2, 0.25) is 0 Å². The summed E-state index contributed by atoms with van der Waals surface area (Å²) in [5.74, 6) is 0.880. The fourth-order valence-electron chi connectivity index (χ4n) is 1.87. The largest absolute Gasteiger partial charge is 0.394 e. The Bertz CT molecular complexity index is 528. The molecule has 0 aliphatic heterocycles. The van der Waals surface area contributed by atoms with Crippen LogP contribution in [0.1, 0.15) is 16.8 Å². The molecule has 0 unspecified atom stereocenters. The molecule has 0 spiro atoms. The van der Waals surface area contributed by atoms with E-state index in [4.69, 9.17) is 5.73 Å². The monoisotopic (exact) mass is 230 g/mol. The molecule has 0 saturated carbocycles. The van der Waals surface area contributed by atoms with Crippen LogP contribution in [-0.2, 0) is 13.6 Å². The highest BCUT2D eigenvalue weighted by Crippen LogP contribution is 2.21. The van der Waals surface area contributed by atoms with Crippen LogP contribution in [0.2, 0.25) is 0 Å². The SMILES string of the molecule is Cc1ccccc1CNc1c(N)c(C)nn1C. The second-order valence-electron chi connectivity index (χ2n) is 4.25. The molecule has 4 heteroatoms. The average Bonchev–Trinajstić information content (AvgIpc) is 2.53. The van der Waals surface area contributed by atoms with Crippen LogP contribution in [0.4, 0.5) is 11.5 Å². The molecule has 1 heterocycles. The van der Waals surface area contributed by atoms with Gasteiger partial charge < -0.3 is 11.1 Å². The fraction of sp³-hybridized carbons (Fsp3) is 0.308. The first-order chi connectivity index (χ1) is 8.09. The first-order valence-corrected chi connectivity index (χ1v) is 5.67. The summed E-state index contributed by atoms with van der Waals surface area (Å²) in [6, 6.07) is 8.31. The molecule has 0 amide bonds. The van der Waals surface area contributed by atoms with Crippen molar-refractivity contribution in [2.75, 3.05) is 11.1 Å². The molecule has 1 aromatic heterocycles. The van der Waals surface area contributed by atoms with Crippen LogP contribution in [0.3, 0.4) is 0 Å². The van der Waals surface area contributed by atoms with E-state index >= 15 is 0 Å². The first-order valence-electron chi connectivity index (χ1n) is 5.67. The Morgan fingerprint density at radius 3 is 2.59 bits per heavy atom. The number of aryl methyl sites for hydroxylation is 3. The van der Waals surface area contributed by atoms with Gasteiger partial charge in [0.1, 0.15) is 5.82 Å². The molecule has 2 rings (SSSR count). The molecule has 90 valence electrons. The maximum absolute atomic E-state index is 5.96. The molecular formula is C13H18N4. The Balaban J connectivity index is 2.15. The molecule has 0 fully saturated rings. The van der Waals surface area contributed by atoms with Gasteiger partial charge in [0.15, 0.2) is 0 Å². The molecule has 0 aliphatic rings. The number of hydrogen-bond acceptors (Lipinski definition) is 3. The zero-order valence-corrected chi connectivity index (χ0v) is 10.5. The highest BCUT2D eigenvalue weighted by Gasteiger charge is 2.09. The maximum Gasteiger partial charge on any atom is 0.148 e. The van der Waals surface area contributed by atoms with Gasteiger partial charge in [-0.1, -0.05) is 24.3 Å². The predicted molar refractivity (Wildman–Crippen MR) is 70.9 cm³/mol. The van der Waals surface area contributed by atoms with Crippen LogP contribution < -0.4 is 11.1 Å². The Labute approximate surface area is 101 Å². The van der Waals surface area contributed by atoms with Crippen molar-refractivity contribution in [1.82, 2.24) is 9.78 Å². The third kappa shape index (κ3) is 2.25. The Morgan fingerprint density at radius 2 is 2.00 bits per heavy atom. The van der Waals surface area contributed by atoms with Crippen LogP contribution in [0.5, 0.6) is 0 Å². The number of benzene rings is 1. The molecule has 0 saturated heterocycles. The van der Waals surface area contributed by atoms with Gasteiger partial charge in [-0.15, -0.1) is 0 Å². The van der Waals surface area contributed by atoms with E-state index in [1.807, 2.05) is 26.1 Å². The zero-order valence-electron chi connectivity index (χ0n) is 10.5. The molecule has 0 atom stereocenters. The third-order valence-corrected chi connectivity index (χ3v) is 2.98. The van der Waals surface area contributed by atoms with Crippen molar-refractivity contribution in [1.29, 1.82) is 0 Å². The van der Waals surface area contributed by atoms with Gasteiger partial charge in [-0.2, -0.15) is 5.10 Å². The van der Waals surface area contributed by atoms with E-state index < -0.39 is 0 Å². The summed E-state index contributed by atoms with van der Waals surface area (Å²) in [6.45, 7) is 4.78. The number of rotatable bonds is 3. The van der Waals surface area contributed by atoms with E-state index in [1.165, 1.54) is 11.1 Å². The molecule has 0 radical (unpaired) electrons. The van der Waals surface area contributed by atoms with Gasteiger partial charge in [0.05, 0.1) is 11.4 Å². The topological polar surface area (TPSA) is 55.9 Å². The van der Waals surface area contributed by atoms with E-state index in [0.29, 0.717) is 0 Å². The van der Waals surface area contributed by atoms with Crippen molar-refractivity contribution in [2.45, 2.75) is 20.4 Å². The van der Waals surface area contributed by atoms with E-state index in [2.05, 4.69) is 29.5 Å².